The number of benzene rings is 1. The zero-order valence-electron chi connectivity index (χ0n) is 7.86. The van der Waals surface area contributed by atoms with Gasteiger partial charge >= 0.3 is 12.4 Å². The van der Waals surface area contributed by atoms with Crippen LogP contribution in [0.4, 0.5) is 26.3 Å². The number of carbonyl (C=O) groups excluding carboxylic acids is 1. The van der Waals surface area contributed by atoms with Gasteiger partial charge in [0.25, 0.3) is 0 Å². The van der Waals surface area contributed by atoms with Crippen LogP contribution in [0.5, 0.6) is 5.75 Å². The van der Waals surface area contributed by atoms with Gasteiger partial charge in [0.15, 0.2) is 6.29 Å². The molecule has 94 valence electrons. The summed E-state index contributed by atoms with van der Waals surface area (Å²) in [6.07, 6.45) is -11.0. The standard InChI is InChI=1S/C9H4F6O2/c10-8(11,12)6-2-5(17)1-4(3-16)7(6)9(13,14)15/h1-3,17H. The molecule has 0 amide bonds. The summed E-state index contributed by atoms with van der Waals surface area (Å²) in [4.78, 5) is 10.3. The molecule has 0 heterocycles. The van der Waals surface area contributed by atoms with Crippen LogP contribution < -0.4 is 0 Å². The van der Waals surface area contributed by atoms with Crippen molar-refractivity contribution in [1.29, 1.82) is 0 Å². The lowest BCUT2D eigenvalue weighted by molar-refractivity contribution is -0.162. The van der Waals surface area contributed by atoms with Crippen LogP contribution in [0.25, 0.3) is 0 Å². The average Bonchev–Trinajstić information content (AvgIpc) is 2.12. The van der Waals surface area contributed by atoms with Crippen molar-refractivity contribution in [2.45, 2.75) is 12.4 Å². The highest BCUT2D eigenvalue weighted by atomic mass is 19.4. The number of aldehydes is 1. The molecule has 0 atom stereocenters. The minimum absolute atomic E-state index is 0.0736. The van der Waals surface area contributed by atoms with Crippen molar-refractivity contribution in [2.75, 3.05) is 0 Å². The molecule has 2 nitrogen and oxygen atoms in total. The fourth-order valence-electron chi connectivity index (χ4n) is 1.28. The smallest absolute Gasteiger partial charge is 0.417 e. The van der Waals surface area contributed by atoms with Gasteiger partial charge in [0.1, 0.15) is 5.75 Å². The molecular weight excluding hydrogens is 254 g/mol. The van der Waals surface area contributed by atoms with Crippen molar-refractivity contribution in [1.82, 2.24) is 0 Å². The van der Waals surface area contributed by atoms with Crippen molar-refractivity contribution < 1.29 is 36.2 Å². The second-order valence-corrected chi connectivity index (χ2v) is 3.07. The van der Waals surface area contributed by atoms with E-state index in [1.807, 2.05) is 0 Å². The van der Waals surface area contributed by atoms with Gasteiger partial charge in [0, 0.05) is 5.56 Å². The van der Waals surface area contributed by atoms with E-state index in [0.29, 0.717) is 6.07 Å². The van der Waals surface area contributed by atoms with Crippen LogP contribution in [0.15, 0.2) is 12.1 Å². The fraction of sp³-hybridized carbons (Fsp3) is 0.222. The lowest BCUT2D eigenvalue weighted by Gasteiger charge is -2.17. The first-order valence-electron chi connectivity index (χ1n) is 4.04. The molecule has 1 rings (SSSR count). The third-order valence-electron chi connectivity index (χ3n) is 1.87. The van der Waals surface area contributed by atoms with Crippen LogP contribution in [0, 0.1) is 0 Å². The van der Waals surface area contributed by atoms with E-state index in [-0.39, 0.29) is 6.07 Å². The third kappa shape index (κ3) is 2.69. The summed E-state index contributed by atoms with van der Waals surface area (Å²) in [5, 5.41) is 8.85. The van der Waals surface area contributed by atoms with Gasteiger partial charge in [-0.05, 0) is 12.1 Å². The van der Waals surface area contributed by atoms with Crippen LogP contribution >= 0.6 is 0 Å². The summed E-state index contributed by atoms with van der Waals surface area (Å²) >= 11 is 0. The van der Waals surface area contributed by atoms with Crippen LogP contribution in [-0.2, 0) is 12.4 Å². The number of rotatable bonds is 1. The van der Waals surface area contributed by atoms with Crippen LogP contribution in [0.2, 0.25) is 0 Å². The highest BCUT2D eigenvalue weighted by Gasteiger charge is 2.45. The number of phenolic OH excluding ortho intramolecular Hbond substituents is 1. The third-order valence-corrected chi connectivity index (χ3v) is 1.87. The van der Waals surface area contributed by atoms with E-state index in [1.54, 1.807) is 0 Å². The van der Waals surface area contributed by atoms with E-state index < -0.39 is 41.1 Å². The normalized spacial score (nSPS) is 12.6. The van der Waals surface area contributed by atoms with E-state index in [2.05, 4.69) is 0 Å². The van der Waals surface area contributed by atoms with E-state index in [0.717, 1.165) is 0 Å². The molecule has 1 N–H and O–H groups in total. The molecule has 0 aliphatic rings. The number of hydrogen-bond donors (Lipinski definition) is 1. The topological polar surface area (TPSA) is 37.3 Å². The quantitative estimate of drug-likeness (QED) is 0.620. The number of halogens is 6. The Bertz CT molecular complexity index is 446. The summed E-state index contributed by atoms with van der Waals surface area (Å²) < 4.78 is 74.3. The largest absolute Gasteiger partial charge is 0.508 e. The summed E-state index contributed by atoms with van der Waals surface area (Å²) in [6, 6.07) is 0.251. The Labute approximate surface area is 90.5 Å². The molecule has 0 aliphatic heterocycles. The van der Waals surface area contributed by atoms with Gasteiger partial charge in [-0.25, -0.2) is 0 Å². The minimum Gasteiger partial charge on any atom is -0.508 e. The van der Waals surface area contributed by atoms with E-state index in [4.69, 9.17) is 5.11 Å². The number of hydrogen-bond acceptors (Lipinski definition) is 2. The van der Waals surface area contributed by atoms with Gasteiger partial charge < -0.3 is 5.11 Å². The number of aromatic hydroxyl groups is 1. The fourth-order valence-corrected chi connectivity index (χ4v) is 1.28. The Hall–Kier alpha value is -1.73. The first-order valence-corrected chi connectivity index (χ1v) is 4.04. The van der Waals surface area contributed by atoms with Gasteiger partial charge in [0.05, 0.1) is 11.1 Å². The van der Waals surface area contributed by atoms with Gasteiger partial charge in [-0.3, -0.25) is 4.79 Å². The Morgan fingerprint density at radius 1 is 1.00 bits per heavy atom. The molecule has 0 bridgehead atoms. The second-order valence-electron chi connectivity index (χ2n) is 3.07. The molecule has 1 aromatic carbocycles. The summed E-state index contributed by atoms with van der Waals surface area (Å²) in [5.74, 6) is -1.06. The van der Waals surface area contributed by atoms with Crippen molar-refractivity contribution in [3.8, 4) is 5.75 Å². The van der Waals surface area contributed by atoms with Crippen molar-refractivity contribution in [2.24, 2.45) is 0 Å². The van der Waals surface area contributed by atoms with Gasteiger partial charge in [-0.15, -0.1) is 0 Å². The SMILES string of the molecule is O=Cc1cc(O)cc(C(F)(F)F)c1C(F)(F)F. The van der Waals surface area contributed by atoms with Crippen molar-refractivity contribution >= 4 is 6.29 Å². The number of carbonyl (C=O) groups is 1. The van der Waals surface area contributed by atoms with Crippen LogP contribution in [0.3, 0.4) is 0 Å². The average molecular weight is 258 g/mol. The lowest BCUT2D eigenvalue weighted by Crippen LogP contribution is -2.18. The highest BCUT2D eigenvalue weighted by molar-refractivity contribution is 5.79. The van der Waals surface area contributed by atoms with E-state index >= 15 is 0 Å². The lowest BCUT2D eigenvalue weighted by atomic mass is 10.00. The molecule has 1 aromatic rings. The monoisotopic (exact) mass is 258 g/mol. The predicted octanol–water partition coefficient (Wildman–Crippen LogP) is 3.24. The van der Waals surface area contributed by atoms with Crippen LogP contribution in [-0.4, -0.2) is 11.4 Å². The molecule has 0 saturated carbocycles. The molecule has 0 saturated heterocycles. The van der Waals surface area contributed by atoms with Gasteiger partial charge in [0.2, 0.25) is 0 Å². The van der Waals surface area contributed by atoms with E-state index in [1.165, 1.54) is 0 Å². The predicted molar refractivity (Wildman–Crippen MR) is 43.5 cm³/mol. The molecule has 0 spiro atoms. The van der Waals surface area contributed by atoms with Gasteiger partial charge in [-0.1, -0.05) is 0 Å². The molecule has 8 heteroatoms. The Kier molecular flexibility index (Phi) is 3.09. The molecule has 0 radical (unpaired) electrons. The molecule has 17 heavy (non-hydrogen) atoms. The minimum atomic E-state index is -5.34. The molecule has 0 aliphatic carbocycles. The Morgan fingerprint density at radius 2 is 1.53 bits per heavy atom. The van der Waals surface area contributed by atoms with Crippen LogP contribution in [0.1, 0.15) is 21.5 Å². The molecule has 0 fully saturated rings. The number of phenols is 1. The Morgan fingerprint density at radius 3 is 1.88 bits per heavy atom. The first-order chi connectivity index (χ1) is 7.57. The van der Waals surface area contributed by atoms with Crippen molar-refractivity contribution in [3.63, 3.8) is 0 Å². The highest BCUT2D eigenvalue weighted by Crippen LogP contribution is 2.43. The maximum Gasteiger partial charge on any atom is 0.417 e. The van der Waals surface area contributed by atoms with Crippen molar-refractivity contribution in [3.05, 3.63) is 28.8 Å². The van der Waals surface area contributed by atoms with E-state index in [9.17, 15) is 31.1 Å². The second kappa shape index (κ2) is 3.94. The first kappa shape index (κ1) is 13.3. The maximum atomic E-state index is 12.4. The number of alkyl halides is 6. The Balaban J connectivity index is 3.68. The molecule has 0 unspecified atom stereocenters. The zero-order chi connectivity index (χ0) is 13.4. The molecule has 0 aromatic heterocycles. The van der Waals surface area contributed by atoms with Gasteiger partial charge in [-0.2, -0.15) is 26.3 Å². The summed E-state index contributed by atoms with van der Waals surface area (Å²) in [5.41, 5.74) is -5.45. The zero-order valence-corrected chi connectivity index (χ0v) is 7.86. The summed E-state index contributed by atoms with van der Waals surface area (Å²) in [7, 11) is 0. The molecular formula is C9H4F6O2. The maximum absolute atomic E-state index is 12.4. The summed E-state index contributed by atoms with van der Waals surface area (Å²) in [6.45, 7) is 0.